The summed E-state index contributed by atoms with van der Waals surface area (Å²) < 4.78 is 2.17. The second-order valence-electron chi connectivity index (χ2n) is 7.35. The molecule has 0 unspecified atom stereocenters. The molecule has 1 aliphatic heterocycles. The van der Waals surface area contributed by atoms with Crippen LogP contribution in [0.3, 0.4) is 0 Å². The Kier molecular flexibility index (Phi) is 4.77. The summed E-state index contributed by atoms with van der Waals surface area (Å²) in [5.74, 6) is 0. The molecule has 0 radical (unpaired) electrons. The molecule has 0 aliphatic carbocycles. The van der Waals surface area contributed by atoms with Gasteiger partial charge in [0.15, 0.2) is 5.11 Å². The predicted molar refractivity (Wildman–Crippen MR) is 123 cm³/mol. The van der Waals surface area contributed by atoms with Crippen molar-refractivity contribution < 1.29 is 0 Å². The molecule has 30 heavy (non-hydrogen) atoms. The maximum Gasteiger partial charge on any atom is 0.174 e. The summed E-state index contributed by atoms with van der Waals surface area (Å²) >= 11 is 5.81. The molecule has 5 nitrogen and oxygen atoms in total. The van der Waals surface area contributed by atoms with Gasteiger partial charge in [0.25, 0.3) is 0 Å². The Morgan fingerprint density at radius 2 is 1.77 bits per heavy atom. The molecule has 1 saturated heterocycles. The van der Waals surface area contributed by atoms with Gasteiger partial charge in [-0.25, -0.2) is 0 Å². The lowest BCUT2D eigenvalue weighted by Gasteiger charge is -2.29. The van der Waals surface area contributed by atoms with E-state index in [-0.39, 0.29) is 12.1 Å². The molecule has 1 N–H and O–H groups in total. The van der Waals surface area contributed by atoms with E-state index in [9.17, 15) is 0 Å². The van der Waals surface area contributed by atoms with Crippen LogP contribution in [-0.4, -0.2) is 19.6 Å². The topological polar surface area (TPSA) is 46.0 Å². The van der Waals surface area contributed by atoms with Crippen LogP contribution in [0.25, 0.3) is 5.69 Å². The van der Waals surface area contributed by atoms with E-state index in [1.807, 2.05) is 36.7 Å². The number of aromatic nitrogens is 3. The summed E-state index contributed by atoms with van der Waals surface area (Å²) in [4.78, 5) is 11.1. The first kappa shape index (κ1) is 18.5. The molecule has 0 saturated carbocycles. The number of benzene rings is 1. The van der Waals surface area contributed by atoms with Crippen molar-refractivity contribution in [3.05, 3.63) is 108 Å². The third kappa shape index (κ3) is 3.25. The third-order valence-corrected chi connectivity index (χ3v) is 5.73. The van der Waals surface area contributed by atoms with Gasteiger partial charge in [0.2, 0.25) is 0 Å². The number of hydrogen-bond donors (Lipinski definition) is 1. The molecule has 2 atom stereocenters. The minimum Gasteiger partial charge on any atom is -0.351 e. The number of thiocarbonyl (C=S) groups is 1. The molecular weight excluding hydrogens is 390 g/mol. The van der Waals surface area contributed by atoms with Gasteiger partial charge in [-0.15, -0.1) is 0 Å². The minimum atomic E-state index is -0.0784. The summed E-state index contributed by atoms with van der Waals surface area (Å²) in [5, 5.41) is 4.21. The van der Waals surface area contributed by atoms with Crippen LogP contribution in [0, 0.1) is 6.92 Å². The number of aryl methyl sites for hydroxylation is 1. The van der Waals surface area contributed by atoms with Crippen LogP contribution in [0.5, 0.6) is 0 Å². The first-order valence-electron chi connectivity index (χ1n) is 9.87. The lowest BCUT2D eigenvalue weighted by Crippen LogP contribution is -2.30. The van der Waals surface area contributed by atoms with E-state index in [0.29, 0.717) is 5.11 Å². The quantitative estimate of drug-likeness (QED) is 0.491. The highest BCUT2D eigenvalue weighted by Gasteiger charge is 2.42. The summed E-state index contributed by atoms with van der Waals surface area (Å²) in [6.07, 6.45) is 7.55. The smallest absolute Gasteiger partial charge is 0.174 e. The Morgan fingerprint density at radius 3 is 2.50 bits per heavy atom. The molecule has 6 heteroatoms. The number of anilines is 1. The van der Waals surface area contributed by atoms with Crippen LogP contribution < -0.4 is 10.2 Å². The number of nitrogens with zero attached hydrogens (tertiary/aromatic N) is 4. The van der Waals surface area contributed by atoms with Crippen molar-refractivity contribution in [3.63, 3.8) is 0 Å². The predicted octanol–water partition coefficient (Wildman–Crippen LogP) is 4.75. The van der Waals surface area contributed by atoms with Crippen molar-refractivity contribution in [1.29, 1.82) is 0 Å². The van der Waals surface area contributed by atoms with E-state index in [2.05, 4.69) is 80.3 Å². The second kappa shape index (κ2) is 7.72. The van der Waals surface area contributed by atoms with Crippen molar-refractivity contribution in [2.75, 3.05) is 4.90 Å². The zero-order chi connectivity index (χ0) is 20.5. The van der Waals surface area contributed by atoms with Gasteiger partial charge in [0, 0.05) is 30.0 Å². The third-order valence-electron chi connectivity index (χ3n) is 5.42. The Bertz CT molecular complexity index is 1160. The highest BCUT2D eigenvalue weighted by molar-refractivity contribution is 7.80. The summed E-state index contributed by atoms with van der Waals surface area (Å²) in [6.45, 7) is 2.09. The average molecular weight is 412 g/mol. The number of rotatable bonds is 4. The van der Waals surface area contributed by atoms with Crippen LogP contribution in [0.1, 0.15) is 29.0 Å². The zero-order valence-electron chi connectivity index (χ0n) is 16.5. The van der Waals surface area contributed by atoms with Crippen molar-refractivity contribution in [1.82, 2.24) is 19.9 Å². The zero-order valence-corrected chi connectivity index (χ0v) is 17.3. The van der Waals surface area contributed by atoms with Gasteiger partial charge in [-0.1, -0.05) is 23.8 Å². The summed E-state index contributed by atoms with van der Waals surface area (Å²) in [5.41, 5.74) is 5.36. The maximum atomic E-state index is 5.81. The molecule has 4 heterocycles. The highest BCUT2D eigenvalue weighted by Crippen LogP contribution is 2.42. The normalized spacial score (nSPS) is 18.4. The molecule has 0 amide bonds. The first-order chi connectivity index (χ1) is 14.7. The van der Waals surface area contributed by atoms with E-state index >= 15 is 0 Å². The maximum absolute atomic E-state index is 5.81. The van der Waals surface area contributed by atoms with E-state index in [1.54, 1.807) is 6.20 Å². The molecule has 0 spiro atoms. The van der Waals surface area contributed by atoms with Gasteiger partial charge in [0.05, 0.1) is 23.6 Å². The molecule has 148 valence electrons. The van der Waals surface area contributed by atoms with Gasteiger partial charge in [0.1, 0.15) is 6.04 Å². The van der Waals surface area contributed by atoms with E-state index in [4.69, 9.17) is 12.2 Å². The molecule has 1 aliphatic rings. The molecule has 0 bridgehead atoms. The Morgan fingerprint density at radius 1 is 0.900 bits per heavy atom. The van der Waals surface area contributed by atoms with Crippen molar-refractivity contribution in [2.24, 2.45) is 0 Å². The lowest BCUT2D eigenvalue weighted by atomic mass is 10.0. The largest absolute Gasteiger partial charge is 0.351 e. The van der Waals surface area contributed by atoms with Gasteiger partial charge in [-0.3, -0.25) is 9.97 Å². The SMILES string of the molecule is Cc1ccc(N2C(=S)N[C@H](c3ccccn3)[C@H]2c2cccn2-c2cccnc2)cc1. The van der Waals surface area contributed by atoms with Crippen molar-refractivity contribution >= 4 is 23.0 Å². The molecule has 1 fully saturated rings. The minimum absolute atomic E-state index is 0.0645. The molecule has 5 rings (SSSR count). The van der Waals surface area contributed by atoms with Gasteiger partial charge < -0.3 is 14.8 Å². The number of pyridine rings is 2. The summed E-state index contributed by atoms with van der Waals surface area (Å²) in [6, 6.07) is 22.5. The fourth-order valence-electron chi connectivity index (χ4n) is 4.01. The number of hydrogen-bond acceptors (Lipinski definition) is 3. The van der Waals surface area contributed by atoms with Crippen molar-refractivity contribution in [3.8, 4) is 5.69 Å². The molecular formula is C24H21N5S. The standard InChI is InChI=1S/C24H21N5S/c1-17-9-11-18(12-10-17)29-23(22(27-24(29)30)20-7-2-3-14-26-20)21-8-5-15-28(21)19-6-4-13-25-16-19/h2-16,22-23H,1H3,(H,27,30)/t22-,23-/m1/s1. The first-order valence-corrected chi connectivity index (χ1v) is 10.3. The van der Waals surface area contributed by atoms with E-state index in [1.165, 1.54) is 5.56 Å². The van der Waals surface area contributed by atoms with Gasteiger partial charge >= 0.3 is 0 Å². The van der Waals surface area contributed by atoms with Crippen LogP contribution >= 0.6 is 12.2 Å². The Hall–Kier alpha value is -3.51. The molecule has 3 aromatic heterocycles. The Balaban J connectivity index is 1.67. The fourth-order valence-corrected chi connectivity index (χ4v) is 4.35. The van der Waals surface area contributed by atoms with Crippen LogP contribution in [0.2, 0.25) is 0 Å². The highest BCUT2D eigenvalue weighted by atomic mass is 32.1. The van der Waals surface area contributed by atoms with E-state index in [0.717, 1.165) is 22.8 Å². The average Bonchev–Trinajstić information content (AvgIpc) is 3.40. The second-order valence-corrected chi connectivity index (χ2v) is 7.73. The van der Waals surface area contributed by atoms with Crippen LogP contribution in [-0.2, 0) is 0 Å². The molecule has 1 aromatic carbocycles. The van der Waals surface area contributed by atoms with Gasteiger partial charge in [-0.05, 0) is 67.7 Å². The van der Waals surface area contributed by atoms with Crippen LogP contribution in [0.4, 0.5) is 5.69 Å². The fraction of sp³-hybridized carbons (Fsp3) is 0.125. The van der Waals surface area contributed by atoms with E-state index < -0.39 is 0 Å². The van der Waals surface area contributed by atoms with Gasteiger partial charge in [-0.2, -0.15) is 0 Å². The van der Waals surface area contributed by atoms with Crippen molar-refractivity contribution in [2.45, 2.75) is 19.0 Å². The lowest BCUT2D eigenvalue weighted by molar-refractivity contribution is 0.549. The van der Waals surface area contributed by atoms with Crippen LogP contribution in [0.15, 0.2) is 91.5 Å². The monoisotopic (exact) mass is 411 g/mol. The number of nitrogens with one attached hydrogen (secondary N) is 1. The summed E-state index contributed by atoms with van der Waals surface area (Å²) in [7, 11) is 0. The molecule has 4 aromatic rings. The Labute approximate surface area is 181 Å².